The molecule has 4 heteroatoms. The molecule has 1 aromatic carbocycles. The van der Waals surface area contributed by atoms with E-state index in [2.05, 4.69) is 5.48 Å². The lowest BCUT2D eigenvalue weighted by Crippen LogP contribution is -2.37. The van der Waals surface area contributed by atoms with E-state index in [4.69, 9.17) is 4.84 Å². The van der Waals surface area contributed by atoms with Gasteiger partial charge < -0.3 is 9.94 Å². The van der Waals surface area contributed by atoms with Crippen molar-refractivity contribution in [1.29, 1.82) is 0 Å². The second kappa shape index (κ2) is 5.09. The smallest absolute Gasteiger partial charge is 0.356 e. The van der Waals surface area contributed by atoms with E-state index in [-0.39, 0.29) is 6.04 Å². The quantitative estimate of drug-likeness (QED) is 0.754. The maximum atomic E-state index is 11.5. The zero-order valence-electron chi connectivity index (χ0n) is 8.93. The van der Waals surface area contributed by atoms with Crippen LogP contribution in [-0.4, -0.2) is 23.2 Å². The molecule has 0 spiro atoms. The molecule has 0 saturated heterocycles. The molecule has 2 atom stereocenters. The molecular formula is C12H15NO3. The molecular weight excluding hydrogens is 206 g/mol. The fourth-order valence-electron chi connectivity index (χ4n) is 1.84. The number of hydroxylamine groups is 1. The summed E-state index contributed by atoms with van der Waals surface area (Å²) in [6.45, 7) is 0. The van der Waals surface area contributed by atoms with Crippen LogP contribution in [0.1, 0.15) is 29.6 Å². The van der Waals surface area contributed by atoms with Gasteiger partial charge in [0.2, 0.25) is 0 Å². The molecule has 1 aliphatic carbocycles. The monoisotopic (exact) mass is 221 g/mol. The molecule has 1 fully saturated rings. The SMILES string of the molecule is O=C(ON[C@H]1CCC[C@@H]1O)c1ccccc1. The Kier molecular flexibility index (Phi) is 3.54. The first-order valence-electron chi connectivity index (χ1n) is 5.47. The first kappa shape index (κ1) is 11.1. The molecule has 4 nitrogen and oxygen atoms in total. The normalized spacial score (nSPS) is 24.3. The van der Waals surface area contributed by atoms with Crippen LogP contribution in [0.15, 0.2) is 30.3 Å². The minimum atomic E-state index is -0.417. The van der Waals surface area contributed by atoms with Crippen molar-refractivity contribution in [3.8, 4) is 0 Å². The van der Waals surface area contributed by atoms with E-state index >= 15 is 0 Å². The van der Waals surface area contributed by atoms with Gasteiger partial charge in [-0.2, -0.15) is 0 Å². The minimum Gasteiger partial charge on any atom is -0.391 e. The van der Waals surface area contributed by atoms with Crippen molar-refractivity contribution in [1.82, 2.24) is 5.48 Å². The van der Waals surface area contributed by atoms with Gasteiger partial charge in [-0.15, -0.1) is 5.48 Å². The van der Waals surface area contributed by atoms with Gasteiger partial charge in [0.15, 0.2) is 0 Å². The van der Waals surface area contributed by atoms with Gasteiger partial charge in [-0.25, -0.2) is 4.79 Å². The van der Waals surface area contributed by atoms with Crippen molar-refractivity contribution in [2.24, 2.45) is 0 Å². The van der Waals surface area contributed by atoms with Gasteiger partial charge in [0.25, 0.3) is 0 Å². The molecule has 16 heavy (non-hydrogen) atoms. The molecule has 2 rings (SSSR count). The third-order valence-electron chi connectivity index (χ3n) is 2.79. The van der Waals surface area contributed by atoms with Crippen molar-refractivity contribution in [3.63, 3.8) is 0 Å². The highest BCUT2D eigenvalue weighted by molar-refractivity contribution is 5.89. The third kappa shape index (κ3) is 2.59. The van der Waals surface area contributed by atoms with Gasteiger partial charge >= 0.3 is 5.97 Å². The Bertz CT molecular complexity index is 353. The van der Waals surface area contributed by atoms with E-state index in [9.17, 15) is 9.90 Å². The first-order chi connectivity index (χ1) is 7.77. The zero-order valence-corrected chi connectivity index (χ0v) is 8.93. The maximum absolute atomic E-state index is 11.5. The fourth-order valence-corrected chi connectivity index (χ4v) is 1.84. The molecule has 0 amide bonds. The summed E-state index contributed by atoms with van der Waals surface area (Å²) in [5, 5.41) is 9.52. The van der Waals surface area contributed by atoms with Crippen molar-refractivity contribution in [3.05, 3.63) is 35.9 Å². The summed E-state index contributed by atoms with van der Waals surface area (Å²) >= 11 is 0. The lowest BCUT2D eigenvalue weighted by atomic mass is 10.2. The number of hydrogen-bond acceptors (Lipinski definition) is 4. The standard InChI is InChI=1S/C12H15NO3/c14-11-8-4-7-10(11)13-16-12(15)9-5-2-1-3-6-9/h1-3,5-6,10-11,13-14H,4,7-8H2/t10-,11-/m0/s1. The zero-order chi connectivity index (χ0) is 11.4. The van der Waals surface area contributed by atoms with Gasteiger partial charge in [0.1, 0.15) is 0 Å². The van der Waals surface area contributed by atoms with Crippen molar-refractivity contribution in [2.45, 2.75) is 31.4 Å². The molecule has 2 N–H and O–H groups in total. The van der Waals surface area contributed by atoms with E-state index in [0.717, 1.165) is 19.3 Å². The van der Waals surface area contributed by atoms with Gasteiger partial charge in [-0.1, -0.05) is 18.2 Å². The van der Waals surface area contributed by atoms with Crippen LogP contribution in [-0.2, 0) is 4.84 Å². The Morgan fingerprint density at radius 1 is 1.31 bits per heavy atom. The summed E-state index contributed by atoms with van der Waals surface area (Å²) in [6.07, 6.45) is 2.15. The van der Waals surface area contributed by atoms with Gasteiger partial charge in [-0.05, 0) is 31.4 Å². The highest BCUT2D eigenvalue weighted by Gasteiger charge is 2.26. The maximum Gasteiger partial charge on any atom is 0.356 e. The van der Waals surface area contributed by atoms with Crippen LogP contribution in [0.5, 0.6) is 0 Å². The first-order valence-corrected chi connectivity index (χ1v) is 5.47. The van der Waals surface area contributed by atoms with Crippen molar-refractivity contribution < 1.29 is 14.7 Å². The lowest BCUT2D eigenvalue weighted by Gasteiger charge is -2.15. The summed E-state index contributed by atoms with van der Waals surface area (Å²) in [5.41, 5.74) is 3.13. The molecule has 0 aliphatic heterocycles. The molecule has 0 heterocycles. The molecule has 1 aliphatic rings. The lowest BCUT2D eigenvalue weighted by molar-refractivity contribution is -0.0000500. The van der Waals surface area contributed by atoms with E-state index < -0.39 is 12.1 Å². The van der Waals surface area contributed by atoms with Gasteiger partial charge in [0.05, 0.1) is 17.7 Å². The number of hydrogen-bond donors (Lipinski definition) is 2. The summed E-state index contributed by atoms with van der Waals surface area (Å²) in [4.78, 5) is 16.5. The number of carbonyl (C=O) groups is 1. The molecule has 1 saturated carbocycles. The van der Waals surface area contributed by atoms with E-state index in [1.807, 2.05) is 6.07 Å². The molecule has 0 unspecified atom stereocenters. The number of aliphatic hydroxyl groups excluding tert-OH is 1. The Labute approximate surface area is 94.2 Å². The molecule has 0 radical (unpaired) electrons. The molecule has 0 bridgehead atoms. The molecule has 0 aromatic heterocycles. The number of rotatable bonds is 3. The van der Waals surface area contributed by atoms with Crippen LogP contribution in [0.25, 0.3) is 0 Å². The van der Waals surface area contributed by atoms with Crippen LogP contribution >= 0.6 is 0 Å². The molecule has 86 valence electrons. The highest BCUT2D eigenvalue weighted by Crippen LogP contribution is 2.18. The van der Waals surface area contributed by atoms with E-state index in [1.165, 1.54) is 0 Å². The second-order valence-electron chi connectivity index (χ2n) is 3.98. The average molecular weight is 221 g/mol. The summed E-state index contributed by atoms with van der Waals surface area (Å²) in [5.74, 6) is -0.417. The van der Waals surface area contributed by atoms with Crippen molar-refractivity contribution in [2.75, 3.05) is 0 Å². The third-order valence-corrected chi connectivity index (χ3v) is 2.79. The Morgan fingerprint density at radius 2 is 2.06 bits per heavy atom. The summed E-state index contributed by atoms with van der Waals surface area (Å²) < 4.78 is 0. The number of carbonyl (C=O) groups excluding carboxylic acids is 1. The number of nitrogens with one attached hydrogen (secondary N) is 1. The van der Waals surface area contributed by atoms with Crippen LogP contribution < -0.4 is 5.48 Å². The summed E-state index contributed by atoms with van der Waals surface area (Å²) in [6, 6.07) is 8.64. The molecule has 1 aromatic rings. The van der Waals surface area contributed by atoms with Crippen LogP contribution in [0.2, 0.25) is 0 Å². The second-order valence-corrected chi connectivity index (χ2v) is 3.98. The Hall–Kier alpha value is -1.39. The average Bonchev–Trinajstić information content (AvgIpc) is 2.73. The predicted octanol–water partition coefficient (Wildman–Crippen LogP) is 1.26. The van der Waals surface area contributed by atoms with Crippen LogP contribution in [0.3, 0.4) is 0 Å². The number of benzene rings is 1. The fraction of sp³-hybridized carbons (Fsp3) is 0.417. The topological polar surface area (TPSA) is 58.6 Å². The highest BCUT2D eigenvalue weighted by atomic mass is 16.7. The van der Waals surface area contributed by atoms with Crippen molar-refractivity contribution >= 4 is 5.97 Å². The predicted molar refractivity (Wildman–Crippen MR) is 58.6 cm³/mol. The van der Waals surface area contributed by atoms with E-state index in [0.29, 0.717) is 5.56 Å². The Balaban J connectivity index is 1.84. The van der Waals surface area contributed by atoms with Gasteiger partial charge in [-0.3, -0.25) is 0 Å². The van der Waals surface area contributed by atoms with Crippen LogP contribution in [0, 0.1) is 0 Å². The number of aliphatic hydroxyl groups is 1. The summed E-state index contributed by atoms with van der Waals surface area (Å²) in [7, 11) is 0. The van der Waals surface area contributed by atoms with Crippen LogP contribution in [0.4, 0.5) is 0 Å². The minimum absolute atomic E-state index is 0.132. The van der Waals surface area contributed by atoms with Gasteiger partial charge in [0, 0.05) is 0 Å². The van der Waals surface area contributed by atoms with E-state index in [1.54, 1.807) is 24.3 Å². The largest absolute Gasteiger partial charge is 0.391 e. The Morgan fingerprint density at radius 3 is 2.69 bits per heavy atom.